The van der Waals surface area contributed by atoms with Crippen LogP contribution in [0.3, 0.4) is 0 Å². The Kier molecular flexibility index (Phi) is 5.32. The summed E-state index contributed by atoms with van der Waals surface area (Å²) < 4.78 is 43.0. The van der Waals surface area contributed by atoms with Crippen LogP contribution in [0.25, 0.3) is 11.1 Å². The van der Waals surface area contributed by atoms with E-state index < -0.39 is 18.0 Å². The molecule has 146 valence electrons. The summed E-state index contributed by atoms with van der Waals surface area (Å²) in [5.74, 6) is -0.274. The van der Waals surface area contributed by atoms with Crippen LogP contribution >= 0.6 is 0 Å². The van der Waals surface area contributed by atoms with Crippen molar-refractivity contribution in [2.24, 2.45) is 0 Å². The number of ether oxygens (including phenoxy) is 1. The lowest BCUT2D eigenvalue weighted by molar-refractivity contribution is -0.141. The number of alkyl halides is 3. The summed E-state index contributed by atoms with van der Waals surface area (Å²) in [6.45, 7) is 0. The first-order chi connectivity index (χ1) is 13.7. The zero-order chi connectivity index (χ0) is 21.0. The molecule has 10 heteroatoms. The number of carbonyl (C=O) groups is 1. The van der Waals surface area contributed by atoms with Crippen molar-refractivity contribution in [2.45, 2.75) is 6.18 Å². The summed E-state index contributed by atoms with van der Waals surface area (Å²) in [4.78, 5) is 18.0. The van der Waals surface area contributed by atoms with Gasteiger partial charge in [-0.15, -0.1) is 0 Å². The number of rotatable bonds is 4. The monoisotopic (exact) mass is 400 g/mol. The molecule has 0 saturated heterocycles. The van der Waals surface area contributed by atoms with Gasteiger partial charge in [-0.25, -0.2) is 14.8 Å². The fourth-order valence-electron chi connectivity index (χ4n) is 2.47. The number of carboxylic acid groups (broad SMARTS) is 1. The minimum atomic E-state index is -4.60. The van der Waals surface area contributed by atoms with Crippen LogP contribution in [0.4, 0.5) is 29.6 Å². The van der Waals surface area contributed by atoms with E-state index in [1.54, 1.807) is 24.3 Å². The summed E-state index contributed by atoms with van der Waals surface area (Å²) in [7, 11) is 0. The van der Waals surface area contributed by atoms with Gasteiger partial charge in [0.2, 0.25) is 5.95 Å². The minimum Gasteiger partial charge on any atom is -0.449 e. The van der Waals surface area contributed by atoms with Gasteiger partial charge in [0.15, 0.2) is 0 Å². The van der Waals surface area contributed by atoms with E-state index >= 15 is 0 Å². The molecule has 0 spiro atoms. The van der Waals surface area contributed by atoms with E-state index in [1.807, 2.05) is 6.07 Å². The van der Waals surface area contributed by atoms with E-state index in [1.165, 1.54) is 18.2 Å². The van der Waals surface area contributed by atoms with Gasteiger partial charge in [0.05, 0.1) is 11.6 Å². The molecule has 0 saturated carbocycles. The van der Waals surface area contributed by atoms with Crippen molar-refractivity contribution >= 4 is 17.8 Å². The minimum absolute atomic E-state index is 0.0360. The molecule has 0 unspecified atom stereocenters. The Morgan fingerprint density at radius 3 is 2.62 bits per heavy atom. The van der Waals surface area contributed by atoms with Crippen LogP contribution in [0.5, 0.6) is 5.75 Å². The van der Waals surface area contributed by atoms with Crippen molar-refractivity contribution < 1.29 is 27.8 Å². The number of nitriles is 1. The largest absolute Gasteiger partial charge is 0.511 e. The number of anilines is 2. The SMILES string of the molecule is N#Cc1cc(OC(=O)O)cc(-c2cccc(Nc3nccc(C(F)(F)F)n3)c2)c1. The molecule has 3 rings (SSSR count). The predicted octanol–water partition coefficient (Wildman–Crippen LogP) is 4.83. The van der Waals surface area contributed by atoms with Gasteiger partial charge in [-0.2, -0.15) is 18.4 Å². The standard InChI is InChI=1S/C19H11F3N4O3/c20-19(21,22)16-4-5-24-17(26-16)25-14-3-1-2-12(8-14)13-6-11(10-23)7-15(9-13)29-18(27)28/h1-9H,(H,27,28)(H,24,25,26). The van der Waals surface area contributed by atoms with Crippen molar-refractivity contribution in [3.63, 3.8) is 0 Å². The molecule has 3 aromatic rings. The second-order valence-corrected chi connectivity index (χ2v) is 5.69. The molecule has 0 amide bonds. The molecule has 29 heavy (non-hydrogen) atoms. The molecule has 2 N–H and O–H groups in total. The highest BCUT2D eigenvalue weighted by Crippen LogP contribution is 2.30. The van der Waals surface area contributed by atoms with E-state index in [0.29, 0.717) is 16.8 Å². The Morgan fingerprint density at radius 1 is 1.14 bits per heavy atom. The van der Waals surface area contributed by atoms with Crippen molar-refractivity contribution in [3.8, 4) is 22.9 Å². The molecule has 0 radical (unpaired) electrons. The molecular formula is C19H11F3N4O3. The van der Waals surface area contributed by atoms with E-state index in [-0.39, 0.29) is 17.3 Å². The quantitative estimate of drug-likeness (QED) is 0.477. The molecule has 0 fully saturated rings. The predicted molar refractivity (Wildman–Crippen MR) is 95.6 cm³/mol. The molecule has 2 aromatic carbocycles. The summed E-state index contributed by atoms with van der Waals surface area (Å²) in [6.07, 6.45) is -5.13. The highest BCUT2D eigenvalue weighted by atomic mass is 19.4. The normalized spacial score (nSPS) is 10.8. The smallest absolute Gasteiger partial charge is 0.449 e. The third kappa shape index (κ3) is 4.98. The van der Waals surface area contributed by atoms with Crippen LogP contribution < -0.4 is 10.1 Å². The molecule has 1 aromatic heterocycles. The zero-order valence-electron chi connectivity index (χ0n) is 14.4. The van der Waals surface area contributed by atoms with Crippen LogP contribution in [-0.4, -0.2) is 21.2 Å². The molecule has 7 nitrogen and oxygen atoms in total. The van der Waals surface area contributed by atoms with Crippen molar-refractivity contribution in [3.05, 3.63) is 66.0 Å². The van der Waals surface area contributed by atoms with Gasteiger partial charge >= 0.3 is 12.3 Å². The third-order valence-electron chi connectivity index (χ3n) is 3.64. The number of aromatic nitrogens is 2. The van der Waals surface area contributed by atoms with E-state index in [9.17, 15) is 18.0 Å². The van der Waals surface area contributed by atoms with Crippen LogP contribution in [0.2, 0.25) is 0 Å². The van der Waals surface area contributed by atoms with Crippen LogP contribution in [0.1, 0.15) is 11.3 Å². The average molecular weight is 400 g/mol. The maximum atomic E-state index is 12.8. The molecule has 0 aliphatic carbocycles. The van der Waals surface area contributed by atoms with Gasteiger partial charge in [-0.3, -0.25) is 0 Å². The summed E-state index contributed by atoms with van der Waals surface area (Å²) >= 11 is 0. The molecular weight excluding hydrogens is 389 g/mol. The number of benzene rings is 2. The maximum absolute atomic E-state index is 12.8. The Labute approximate surface area is 162 Å². The average Bonchev–Trinajstić information content (AvgIpc) is 2.67. The van der Waals surface area contributed by atoms with E-state index in [4.69, 9.17) is 10.4 Å². The van der Waals surface area contributed by atoms with Gasteiger partial charge in [0.25, 0.3) is 0 Å². The van der Waals surface area contributed by atoms with Crippen LogP contribution in [-0.2, 0) is 6.18 Å². The van der Waals surface area contributed by atoms with Gasteiger partial charge < -0.3 is 15.2 Å². The highest BCUT2D eigenvalue weighted by molar-refractivity contribution is 5.73. The van der Waals surface area contributed by atoms with Gasteiger partial charge in [-0.1, -0.05) is 12.1 Å². The fraction of sp³-hybridized carbons (Fsp3) is 0.0526. The van der Waals surface area contributed by atoms with Gasteiger partial charge in [0.1, 0.15) is 11.4 Å². The lowest BCUT2D eigenvalue weighted by atomic mass is 10.0. The Morgan fingerprint density at radius 2 is 1.93 bits per heavy atom. The van der Waals surface area contributed by atoms with Gasteiger partial charge in [-0.05, 0) is 47.5 Å². The molecule has 1 heterocycles. The van der Waals surface area contributed by atoms with Gasteiger partial charge in [0, 0.05) is 11.9 Å². The second-order valence-electron chi connectivity index (χ2n) is 5.69. The topological polar surface area (TPSA) is 108 Å². The number of hydrogen-bond donors (Lipinski definition) is 2. The number of nitrogens with zero attached hydrogens (tertiary/aromatic N) is 3. The van der Waals surface area contributed by atoms with E-state index in [0.717, 1.165) is 12.3 Å². The number of nitrogens with one attached hydrogen (secondary N) is 1. The van der Waals surface area contributed by atoms with Crippen molar-refractivity contribution in [1.29, 1.82) is 5.26 Å². The van der Waals surface area contributed by atoms with Crippen molar-refractivity contribution in [1.82, 2.24) is 9.97 Å². The lowest BCUT2D eigenvalue weighted by Gasteiger charge is -2.10. The molecule has 0 aliphatic rings. The Balaban J connectivity index is 1.93. The first kappa shape index (κ1) is 19.6. The number of hydrogen-bond acceptors (Lipinski definition) is 6. The summed E-state index contributed by atoms with van der Waals surface area (Å²) in [5.41, 5.74) is 0.537. The molecule has 0 bridgehead atoms. The van der Waals surface area contributed by atoms with E-state index in [2.05, 4.69) is 20.0 Å². The lowest BCUT2D eigenvalue weighted by Crippen LogP contribution is -2.10. The maximum Gasteiger partial charge on any atom is 0.511 e. The zero-order valence-corrected chi connectivity index (χ0v) is 14.4. The molecule has 0 atom stereocenters. The molecule has 0 aliphatic heterocycles. The highest BCUT2D eigenvalue weighted by Gasteiger charge is 2.32. The summed E-state index contributed by atoms with van der Waals surface area (Å²) in [6, 6.07) is 13.4. The van der Waals surface area contributed by atoms with Crippen LogP contribution in [0, 0.1) is 11.3 Å². The van der Waals surface area contributed by atoms with Crippen molar-refractivity contribution in [2.75, 3.05) is 5.32 Å². The third-order valence-corrected chi connectivity index (χ3v) is 3.64. The Hall–Kier alpha value is -4.13. The van der Waals surface area contributed by atoms with Crippen LogP contribution in [0.15, 0.2) is 54.7 Å². The second kappa shape index (κ2) is 7.85. The fourth-order valence-corrected chi connectivity index (χ4v) is 2.47. The Bertz CT molecular complexity index is 1110. The summed E-state index contributed by atoms with van der Waals surface area (Å²) in [5, 5.41) is 20.6. The first-order valence-electron chi connectivity index (χ1n) is 7.98. The number of halogens is 3. The first-order valence-corrected chi connectivity index (χ1v) is 7.98.